The molecule has 0 saturated heterocycles. The highest BCUT2D eigenvalue weighted by Crippen LogP contribution is 2.15. The van der Waals surface area contributed by atoms with Gasteiger partial charge in [-0.05, 0) is 30.4 Å². The first-order chi connectivity index (χ1) is 9.81. The highest BCUT2D eigenvalue weighted by molar-refractivity contribution is 14.0. The zero-order chi connectivity index (χ0) is 14.2. The predicted molar refractivity (Wildman–Crippen MR) is 101 cm³/mol. The number of nitrogens with zero attached hydrogens (tertiary/aromatic N) is 2. The number of guanidine groups is 1. The Kier molecular flexibility index (Phi) is 8.19. The SMILES string of the molecule is CCCCNC(N)=NCCCn1ccc2ccccc21.I. The van der Waals surface area contributed by atoms with E-state index in [1.54, 1.807) is 0 Å². The van der Waals surface area contributed by atoms with Crippen molar-refractivity contribution in [2.24, 2.45) is 10.7 Å². The molecule has 1 aromatic heterocycles. The lowest BCUT2D eigenvalue weighted by Gasteiger charge is -2.06. The fraction of sp³-hybridized carbons (Fsp3) is 0.438. The molecular formula is C16H25IN4. The first kappa shape index (κ1) is 17.8. The van der Waals surface area contributed by atoms with Crippen molar-refractivity contribution in [3.8, 4) is 0 Å². The van der Waals surface area contributed by atoms with E-state index in [2.05, 4.69) is 58.3 Å². The van der Waals surface area contributed by atoms with E-state index >= 15 is 0 Å². The van der Waals surface area contributed by atoms with E-state index in [-0.39, 0.29) is 24.0 Å². The van der Waals surface area contributed by atoms with Crippen molar-refractivity contribution < 1.29 is 0 Å². The van der Waals surface area contributed by atoms with E-state index in [0.717, 1.165) is 32.5 Å². The normalized spacial score (nSPS) is 11.4. The molecule has 2 aromatic rings. The third-order valence-electron chi connectivity index (χ3n) is 3.36. The summed E-state index contributed by atoms with van der Waals surface area (Å²) in [6.07, 6.45) is 5.43. The third-order valence-corrected chi connectivity index (χ3v) is 3.36. The van der Waals surface area contributed by atoms with E-state index in [1.165, 1.54) is 17.3 Å². The van der Waals surface area contributed by atoms with E-state index < -0.39 is 0 Å². The van der Waals surface area contributed by atoms with Gasteiger partial charge in [-0.3, -0.25) is 4.99 Å². The fourth-order valence-corrected chi connectivity index (χ4v) is 2.23. The van der Waals surface area contributed by atoms with Gasteiger partial charge in [0.25, 0.3) is 0 Å². The average Bonchev–Trinajstić information content (AvgIpc) is 2.87. The number of fused-ring (bicyclic) bond motifs is 1. The van der Waals surface area contributed by atoms with Crippen molar-refractivity contribution in [2.45, 2.75) is 32.7 Å². The molecule has 0 aliphatic carbocycles. The molecule has 2 rings (SSSR count). The number of nitrogens with two attached hydrogens (primary N) is 1. The molecule has 21 heavy (non-hydrogen) atoms. The number of aryl methyl sites for hydroxylation is 1. The molecule has 116 valence electrons. The monoisotopic (exact) mass is 400 g/mol. The number of halogens is 1. The largest absolute Gasteiger partial charge is 0.370 e. The summed E-state index contributed by atoms with van der Waals surface area (Å²) in [7, 11) is 0. The number of hydrogen-bond donors (Lipinski definition) is 2. The predicted octanol–water partition coefficient (Wildman–Crippen LogP) is 3.35. The summed E-state index contributed by atoms with van der Waals surface area (Å²) in [6.45, 7) is 4.81. The molecule has 0 spiro atoms. The van der Waals surface area contributed by atoms with Crippen LogP contribution in [0.1, 0.15) is 26.2 Å². The number of hydrogen-bond acceptors (Lipinski definition) is 1. The molecule has 0 unspecified atom stereocenters. The number of aliphatic imine (C=N–C) groups is 1. The Morgan fingerprint density at radius 2 is 2.05 bits per heavy atom. The smallest absolute Gasteiger partial charge is 0.188 e. The van der Waals surface area contributed by atoms with Gasteiger partial charge in [-0.2, -0.15) is 0 Å². The van der Waals surface area contributed by atoms with Crippen LogP contribution in [0.15, 0.2) is 41.5 Å². The molecule has 0 saturated carbocycles. The summed E-state index contributed by atoms with van der Waals surface area (Å²) in [5.41, 5.74) is 7.08. The third kappa shape index (κ3) is 5.57. The second-order valence-corrected chi connectivity index (χ2v) is 4.97. The second kappa shape index (κ2) is 9.65. The molecular weight excluding hydrogens is 375 g/mol. The first-order valence-electron chi connectivity index (χ1n) is 7.39. The summed E-state index contributed by atoms with van der Waals surface area (Å²) in [5.74, 6) is 0.566. The maximum absolute atomic E-state index is 5.80. The molecule has 5 heteroatoms. The molecule has 1 heterocycles. The van der Waals surface area contributed by atoms with Crippen LogP contribution < -0.4 is 11.1 Å². The van der Waals surface area contributed by atoms with E-state index in [9.17, 15) is 0 Å². The fourth-order valence-electron chi connectivity index (χ4n) is 2.23. The number of unbranched alkanes of at least 4 members (excludes halogenated alkanes) is 1. The zero-order valence-corrected chi connectivity index (χ0v) is 14.9. The molecule has 0 bridgehead atoms. The van der Waals surface area contributed by atoms with Gasteiger partial charge in [-0.25, -0.2) is 0 Å². The van der Waals surface area contributed by atoms with Crippen molar-refractivity contribution in [2.75, 3.05) is 13.1 Å². The minimum atomic E-state index is 0. The van der Waals surface area contributed by atoms with Gasteiger partial charge in [0.2, 0.25) is 0 Å². The Bertz CT molecular complexity index is 562. The van der Waals surface area contributed by atoms with Gasteiger partial charge in [0, 0.05) is 31.3 Å². The molecule has 0 atom stereocenters. The number of nitrogens with one attached hydrogen (secondary N) is 1. The standard InChI is InChI=1S/C16H24N4.HI/c1-2-3-10-18-16(17)19-11-6-12-20-13-9-14-7-4-5-8-15(14)20;/h4-5,7-9,13H,2-3,6,10-12H2,1H3,(H3,17,18,19);1H. The van der Waals surface area contributed by atoms with Crippen molar-refractivity contribution >= 4 is 40.8 Å². The van der Waals surface area contributed by atoms with Crippen molar-refractivity contribution in [1.82, 2.24) is 9.88 Å². The summed E-state index contributed by atoms with van der Waals surface area (Å²) >= 11 is 0. The van der Waals surface area contributed by atoms with Crippen molar-refractivity contribution in [3.05, 3.63) is 36.5 Å². The van der Waals surface area contributed by atoms with E-state index in [1.807, 2.05) is 0 Å². The topological polar surface area (TPSA) is 55.3 Å². The molecule has 0 aliphatic heterocycles. The number of para-hydroxylation sites is 1. The second-order valence-electron chi connectivity index (χ2n) is 4.97. The van der Waals surface area contributed by atoms with Crippen LogP contribution in [0.2, 0.25) is 0 Å². The number of aromatic nitrogens is 1. The maximum Gasteiger partial charge on any atom is 0.188 e. The minimum absolute atomic E-state index is 0. The van der Waals surface area contributed by atoms with Crippen LogP contribution in [0.25, 0.3) is 10.9 Å². The Hall–Kier alpha value is -1.24. The van der Waals surface area contributed by atoms with Crippen LogP contribution in [0.4, 0.5) is 0 Å². The molecule has 0 aliphatic rings. The maximum atomic E-state index is 5.80. The lowest BCUT2D eigenvalue weighted by atomic mass is 10.2. The average molecular weight is 400 g/mol. The molecule has 3 N–H and O–H groups in total. The summed E-state index contributed by atoms with van der Waals surface area (Å²) in [4.78, 5) is 4.35. The van der Waals surface area contributed by atoms with Gasteiger partial charge in [0.1, 0.15) is 0 Å². The van der Waals surface area contributed by atoms with Crippen LogP contribution in [0.5, 0.6) is 0 Å². The van der Waals surface area contributed by atoms with Crippen LogP contribution in [-0.4, -0.2) is 23.6 Å². The van der Waals surface area contributed by atoms with Crippen LogP contribution in [-0.2, 0) is 6.54 Å². The summed E-state index contributed by atoms with van der Waals surface area (Å²) < 4.78 is 2.27. The Labute approximate surface area is 143 Å². The highest BCUT2D eigenvalue weighted by Gasteiger charge is 1.99. The molecule has 0 amide bonds. The van der Waals surface area contributed by atoms with Gasteiger partial charge in [0.05, 0.1) is 0 Å². The molecule has 0 fully saturated rings. The summed E-state index contributed by atoms with van der Waals surface area (Å²) in [6, 6.07) is 10.6. The van der Waals surface area contributed by atoms with Crippen LogP contribution in [0, 0.1) is 0 Å². The first-order valence-corrected chi connectivity index (χ1v) is 7.39. The molecule has 1 aromatic carbocycles. The van der Waals surface area contributed by atoms with Crippen molar-refractivity contribution in [1.29, 1.82) is 0 Å². The molecule has 4 nitrogen and oxygen atoms in total. The number of benzene rings is 1. The van der Waals surface area contributed by atoms with E-state index in [0.29, 0.717) is 5.96 Å². The van der Waals surface area contributed by atoms with Crippen LogP contribution in [0.3, 0.4) is 0 Å². The quantitative estimate of drug-likeness (QED) is 0.324. The van der Waals surface area contributed by atoms with Gasteiger partial charge < -0.3 is 15.6 Å². The highest BCUT2D eigenvalue weighted by atomic mass is 127. The van der Waals surface area contributed by atoms with Gasteiger partial charge in [-0.15, -0.1) is 24.0 Å². The lowest BCUT2D eigenvalue weighted by molar-refractivity contribution is 0.668. The Morgan fingerprint density at radius 1 is 1.24 bits per heavy atom. The van der Waals surface area contributed by atoms with Gasteiger partial charge in [-0.1, -0.05) is 31.5 Å². The zero-order valence-electron chi connectivity index (χ0n) is 12.6. The van der Waals surface area contributed by atoms with Crippen molar-refractivity contribution in [3.63, 3.8) is 0 Å². The van der Waals surface area contributed by atoms with Gasteiger partial charge in [0.15, 0.2) is 5.96 Å². The number of rotatable bonds is 7. The molecule has 0 radical (unpaired) electrons. The van der Waals surface area contributed by atoms with E-state index in [4.69, 9.17) is 5.73 Å². The Balaban J connectivity index is 0.00000220. The Morgan fingerprint density at radius 3 is 2.86 bits per heavy atom. The van der Waals surface area contributed by atoms with Gasteiger partial charge >= 0.3 is 0 Å². The van der Waals surface area contributed by atoms with Crippen LogP contribution >= 0.6 is 24.0 Å². The summed E-state index contributed by atoms with van der Waals surface area (Å²) in [5, 5.41) is 4.42. The minimum Gasteiger partial charge on any atom is -0.370 e. The lowest BCUT2D eigenvalue weighted by Crippen LogP contribution is -2.32.